The van der Waals surface area contributed by atoms with Gasteiger partial charge >= 0.3 is 0 Å². The number of benzene rings is 2. The van der Waals surface area contributed by atoms with Gasteiger partial charge in [0, 0.05) is 5.56 Å². The summed E-state index contributed by atoms with van der Waals surface area (Å²) in [5, 5.41) is 13.0. The van der Waals surface area contributed by atoms with Gasteiger partial charge in [0.2, 0.25) is 0 Å². The van der Waals surface area contributed by atoms with E-state index >= 15 is 0 Å². The fourth-order valence-corrected chi connectivity index (χ4v) is 2.52. The van der Waals surface area contributed by atoms with Crippen LogP contribution in [0.5, 0.6) is 0 Å². The number of aliphatic hydroxyl groups is 1. The summed E-state index contributed by atoms with van der Waals surface area (Å²) < 4.78 is 0. The van der Waals surface area contributed by atoms with E-state index in [-0.39, 0.29) is 12.1 Å². The molecule has 0 aliphatic carbocycles. The lowest BCUT2D eigenvalue weighted by Gasteiger charge is -2.21. The number of rotatable bonds is 6. The highest BCUT2D eigenvalue weighted by Crippen LogP contribution is 2.20. The Morgan fingerprint density at radius 1 is 1.00 bits per heavy atom. The highest BCUT2D eigenvalue weighted by Gasteiger charge is 2.14. The molecule has 0 saturated carbocycles. The van der Waals surface area contributed by atoms with Gasteiger partial charge in [-0.15, -0.1) is 0 Å². The van der Waals surface area contributed by atoms with Crippen LogP contribution in [-0.2, 0) is 0 Å². The molecule has 21 heavy (non-hydrogen) atoms. The van der Waals surface area contributed by atoms with Crippen LogP contribution in [-0.4, -0.2) is 16.2 Å². The molecule has 1 unspecified atom stereocenters. The largest absolute Gasteiger partial charge is 0.393 e. The van der Waals surface area contributed by atoms with Crippen molar-refractivity contribution >= 4 is 17.2 Å². The molecule has 2 atom stereocenters. The van der Waals surface area contributed by atoms with Crippen LogP contribution < -0.4 is 5.32 Å². The Kier molecular flexibility index (Phi) is 5.90. The van der Waals surface area contributed by atoms with Crippen molar-refractivity contribution in [1.29, 1.82) is 0 Å². The second-order valence-corrected chi connectivity index (χ2v) is 5.64. The standard InChI is InChI=1S/C18H21NOS/c1-14(20)12-13-17(15-8-4-2-5-9-15)19-18(21)16-10-6-3-7-11-16/h2-11,14,17,20H,12-13H2,1H3,(H,19,21)/t14?,17-/m1/s1. The first-order chi connectivity index (χ1) is 10.2. The maximum Gasteiger partial charge on any atom is 0.107 e. The summed E-state index contributed by atoms with van der Waals surface area (Å²) >= 11 is 5.50. The van der Waals surface area contributed by atoms with Crippen molar-refractivity contribution in [3.8, 4) is 0 Å². The molecule has 0 amide bonds. The quantitative estimate of drug-likeness (QED) is 0.795. The molecule has 0 saturated heterocycles. The van der Waals surface area contributed by atoms with E-state index in [0.717, 1.165) is 23.4 Å². The monoisotopic (exact) mass is 299 g/mol. The lowest BCUT2D eigenvalue weighted by atomic mass is 10.00. The third kappa shape index (κ3) is 4.96. The molecule has 2 aromatic rings. The first-order valence-electron chi connectivity index (χ1n) is 7.25. The minimum atomic E-state index is -0.302. The zero-order chi connectivity index (χ0) is 15.1. The topological polar surface area (TPSA) is 32.3 Å². The number of aliphatic hydroxyl groups excluding tert-OH is 1. The van der Waals surface area contributed by atoms with Crippen LogP contribution >= 0.6 is 12.2 Å². The van der Waals surface area contributed by atoms with Crippen LogP contribution in [0.2, 0.25) is 0 Å². The van der Waals surface area contributed by atoms with Crippen LogP contribution in [0, 0.1) is 0 Å². The molecule has 0 radical (unpaired) electrons. The minimum Gasteiger partial charge on any atom is -0.393 e. The average molecular weight is 299 g/mol. The van der Waals surface area contributed by atoms with Gasteiger partial charge in [0.25, 0.3) is 0 Å². The maximum absolute atomic E-state index is 9.54. The van der Waals surface area contributed by atoms with Crippen molar-refractivity contribution in [3.63, 3.8) is 0 Å². The highest BCUT2D eigenvalue weighted by atomic mass is 32.1. The lowest BCUT2D eigenvalue weighted by molar-refractivity contribution is 0.177. The third-order valence-electron chi connectivity index (χ3n) is 3.42. The normalized spacial score (nSPS) is 13.4. The Bertz CT molecular complexity index is 554. The van der Waals surface area contributed by atoms with Crippen LogP contribution in [0.15, 0.2) is 60.7 Å². The van der Waals surface area contributed by atoms with Gasteiger partial charge in [0.05, 0.1) is 12.1 Å². The smallest absolute Gasteiger partial charge is 0.107 e. The SMILES string of the molecule is CC(O)CC[C@@H](NC(=S)c1ccccc1)c1ccccc1. The molecular weight excluding hydrogens is 278 g/mol. The molecular formula is C18H21NOS. The van der Waals surface area contributed by atoms with E-state index in [4.69, 9.17) is 12.2 Å². The highest BCUT2D eigenvalue weighted by molar-refractivity contribution is 7.80. The fraction of sp³-hybridized carbons (Fsp3) is 0.278. The van der Waals surface area contributed by atoms with Gasteiger partial charge in [0.1, 0.15) is 4.99 Å². The van der Waals surface area contributed by atoms with Gasteiger partial charge in [-0.2, -0.15) is 0 Å². The molecule has 0 spiro atoms. The van der Waals surface area contributed by atoms with Crippen LogP contribution in [0.25, 0.3) is 0 Å². The Morgan fingerprint density at radius 2 is 1.57 bits per heavy atom. The fourth-order valence-electron chi connectivity index (χ4n) is 2.25. The number of hydrogen-bond acceptors (Lipinski definition) is 2. The molecule has 0 aromatic heterocycles. The van der Waals surface area contributed by atoms with Crippen molar-refractivity contribution in [2.24, 2.45) is 0 Å². The van der Waals surface area contributed by atoms with Gasteiger partial charge in [-0.25, -0.2) is 0 Å². The summed E-state index contributed by atoms with van der Waals surface area (Å²) in [6, 6.07) is 20.3. The number of nitrogens with one attached hydrogen (secondary N) is 1. The van der Waals surface area contributed by atoms with Crippen LogP contribution in [0.4, 0.5) is 0 Å². The van der Waals surface area contributed by atoms with Crippen molar-refractivity contribution < 1.29 is 5.11 Å². The van der Waals surface area contributed by atoms with E-state index in [2.05, 4.69) is 17.4 Å². The zero-order valence-corrected chi connectivity index (χ0v) is 13.0. The summed E-state index contributed by atoms with van der Waals surface area (Å²) in [6.07, 6.45) is 1.28. The molecule has 2 aromatic carbocycles. The Labute approximate surface area is 131 Å². The predicted molar refractivity (Wildman–Crippen MR) is 91.4 cm³/mol. The van der Waals surface area contributed by atoms with Crippen LogP contribution in [0.1, 0.15) is 36.9 Å². The van der Waals surface area contributed by atoms with Crippen molar-refractivity contribution in [2.45, 2.75) is 31.9 Å². The lowest BCUT2D eigenvalue weighted by Crippen LogP contribution is -2.28. The first kappa shape index (κ1) is 15.7. The molecule has 2 N–H and O–H groups in total. The molecule has 3 heteroatoms. The predicted octanol–water partition coefficient (Wildman–Crippen LogP) is 3.85. The van der Waals surface area contributed by atoms with E-state index < -0.39 is 0 Å². The van der Waals surface area contributed by atoms with Crippen molar-refractivity contribution in [2.75, 3.05) is 0 Å². The Morgan fingerprint density at radius 3 is 2.14 bits per heavy atom. The molecule has 0 bridgehead atoms. The molecule has 0 fully saturated rings. The van der Waals surface area contributed by atoms with Crippen LogP contribution in [0.3, 0.4) is 0 Å². The van der Waals surface area contributed by atoms with E-state index in [1.54, 1.807) is 0 Å². The summed E-state index contributed by atoms with van der Waals surface area (Å²) in [5.41, 5.74) is 2.21. The number of thiocarbonyl (C=S) groups is 1. The molecule has 2 nitrogen and oxygen atoms in total. The zero-order valence-electron chi connectivity index (χ0n) is 12.2. The van der Waals surface area contributed by atoms with Gasteiger partial charge in [-0.05, 0) is 25.3 Å². The summed E-state index contributed by atoms with van der Waals surface area (Å²) in [4.78, 5) is 0.745. The Hall–Kier alpha value is -1.71. The van der Waals surface area contributed by atoms with E-state index in [0.29, 0.717) is 0 Å². The number of hydrogen-bond donors (Lipinski definition) is 2. The molecule has 2 rings (SSSR count). The molecule has 0 aliphatic heterocycles. The van der Waals surface area contributed by atoms with Gasteiger partial charge in [-0.1, -0.05) is 72.9 Å². The second-order valence-electron chi connectivity index (χ2n) is 5.23. The van der Waals surface area contributed by atoms with E-state index in [9.17, 15) is 5.11 Å². The maximum atomic E-state index is 9.54. The molecule has 110 valence electrons. The molecule has 0 heterocycles. The van der Waals surface area contributed by atoms with Gasteiger partial charge in [-0.3, -0.25) is 0 Å². The summed E-state index contributed by atoms with van der Waals surface area (Å²) in [6.45, 7) is 1.82. The van der Waals surface area contributed by atoms with Crippen molar-refractivity contribution in [3.05, 3.63) is 71.8 Å². The van der Waals surface area contributed by atoms with Crippen molar-refractivity contribution in [1.82, 2.24) is 5.32 Å². The molecule has 0 aliphatic rings. The van der Waals surface area contributed by atoms with Gasteiger partial charge in [0.15, 0.2) is 0 Å². The van der Waals surface area contributed by atoms with Gasteiger partial charge < -0.3 is 10.4 Å². The average Bonchev–Trinajstić information content (AvgIpc) is 2.52. The van der Waals surface area contributed by atoms with E-state index in [1.165, 1.54) is 5.56 Å². The first-order valence-corrected chi connectivity index (χ1v) is 7.66. The Balaban J connectivity index is 2.10. The second kappa shape index (κ2) is 7.91. The third-order valence-corrected chi connectivity index (χ3v) is 3.77. The van der Waals surface area contributed by atoms with E-state index in [1.807, 2.05) is 55.5 Å². The summed E-state index contributed by atoms with van der Waals surface area (Å²) in [5.74, 6) is 0. The minimum absolute atomic E-state index is 0.119. The summed E-state index contributed by atoms with van der Waals surface area (Å²) in [7, 11) is 0.